The lowest BCUT2D eigenvalue weighted by Crippen LogP contribution is -2.04. The Bertz CT molecular complexity index is 756. The topological polar surface area (TPSA) is 54.4 Å². The first-order chi connectivity index (χ1) is 13.8. The second-order valence-electron chi connectivity index (χ2n) is 6.14. The van der Waals surface area contributed by atoms with Gasteiger partial charge in [-0.15, -0.1) is 0 Å². The highest BCUT2D eigenvalue weighted by Gasteiger charge is 2.30. The van der Waals surface area contributed by atoms with Crippen molar-refractivity contribution in [3.8, 4) is 0 Å². The second-order valence-corrected chi connectivity index (χ2v) is 6.56. The molecule has 0 aliphatic carbocycles. The highest BCUT2D eigenvalue weighted by molar-refractivity contribution is 6.63. The summed E-state index contributed by atoms with van der Waals surface area (Å²) in [5.74, 6) is -0.963. The fourth-order valence-corrected chi connectivity index (χ4v) is 2.31. The summed E-state index contributed by atoms with van der Waals surface area (Å²) in [5, 5.41) is 7.89. The normalized spacial score (nSPS) is 11.4. The summed E-state index contributed by atoms with van der Waals surface area (Å²) in [6.07, 6.45) is -8.00. The van der Waals surface area contributed by atoms with Crippen LogP contribution in [-0.4, -0.2) is 16.3 Å². The smallest absolute Gasteiger partial charge is 0.416 e. The van der Waals surface area contributed by atoms with Crippen molar-refractivity contribution >= 4 is 22.8 Å². The van der Waals surface area contributed by atoms with Crippen LogP contribution in [0, 0.1) is 0 Å². The fourth-order valence-electron chi connectivity index (χ4n) is 2.21. The van der Waals surface area contributed by atoms with Crippen molar-refractivity contribution in [2.75, 3.05) is 0 Å². The molecule has 10 heteroatoms. The van der Waals surface area contributed by atoms with Crippen molar-refractivity contribution in [1.82, 2.24) is 0 Å². The number of carbonyl (C=O) groups excluding carboxylic acids is 1. The molecule has 0 saturated carbocycles. The third kappa shape index (κ3) is 9.78. The van der Waals surface area contributed by atoms with Crippen molar-refractivity contribution in [2.45, 2.75) is 38.0 Å². The van der Waals surface area contributed by atoms with Gasteiger partial charge in [-0.2, -0.15) is 26.3 Å². The molecule has 0 amide bonds. The van der Waals surface area contributed by atoms with Gasteiger partial charge < -0.3 is 5.11 Å². The Labute approximate surface area is 173 Å². The van der Waals surface area contributed by atoms with Crippen molar-refractivity contribution < 1.29 is 41.0 Å². The molecule has 0 fully saturated rings. The number of hydrogen-bond donors (Lipinski definition) is 1. The Morgan fingerprint density at radius 2 is 1.03 bits per heavy atom. The first kappa shape index (κ1) is 25.5. The summed E-state index contributed by atoms with van der Waals surface area (Å²) in [6.45, 7) is 0. The molecule has 1 N–H and O–H groups in total. The average molecular weight is 455 g/mol. The van der Waals surface area contributed by atoms with Gasteiger partial charge in [0, 0.05) is 12.8 Å². The van der Waals surface area contributed by atoms with Gasteiger partial charge in [0.1, 0.15) is 0 Å². The minimum absolute atomic E-state index is 0.0780. The highest BCUT2D eigenvalue weighted by Crippen LogP contribution is 2.30. The van der Waals surface area contributed by atoms with Crippen LogP contribution in [0.4, 0.5) is 26.3 Å². The number of halogens is 7. The van der Waals surface area contributed by atoms with Crippen LogP contribution in [-0.2, 0) is 34.8 Å². The van der Waals surface area contributed by atoms with Gasteiger partial charge >= 0.3 is 18.3 Å². The minimum atomic E-state index is -4.34. The third-order valence-corrected chi connectivity index (χ3v) is 3.99. The lowest BCUT2D eigenvalue weighted by atomic mass is 10.1. The van der Waals surface area contributed by atoms with Crippen LogP contribution >= 0.6 is 11.6 Å². The van der Waals surface area contributed by atoms with Gasteiger partial charge in [0.05, 0.1) is 11.1 Å². The van der Waals surface area contributed by atoms with Gasteiger partial charge in [-0.1, -0.05) is 24.3 Å². The van der Waals surface area contributed by atoms with Gasteiger partial charge in [-0.05, 0) is 59.8 Å². The number of benzene rings is 2. The largest absolute Gasteiger partial charge is 0.481 e. The number of carbonyl (C=O) groups is 2. The van der Waals surface area contributed by atoms with Gasteiger partial charge in [0.15, 0.2) is 0 Å². The van der Waals surface area contributed by atoms with E-state index in [9.17, 15) is 35.9 Å². The predicted molar refractivity (Wildman–Crippen MR) is 98.0 cm³/mol. The van der Waals surface area contributed by atoms with Gasteiger partial charge in [0.2, 0.25) is 5.24 Å². The van der Waals surface area contributed by atoms with Crippen LogP contribution in [0.25, 0.3) is 0 Å². The Kier molecular flexibility index (Phi) is 9.35. The predicted octanol–water partition coefficient (Wildman–Crippen LogP) is 6.13. The van der Waals surface area contributed by atoms with Crippen molar-refractivity contribution in [3.63, 3.8) is 0 Å². The molecule has 0 unspecified atom stereocenters. The maximum Gasteiger partial charge on any atom is 0.416 e. The number of alkyl halides is 6. The standard InChI is InChI=1S/C10H8ClF3O.C10H9F3O2/c11-9(15)6-3-7-1-4-8(5-2-7)10(12,13)14;11-10(12,13)8-4-1-7(2-5-8)3-6-9(14)15/h1-2,4-5H,3,6H2;1-2,4-5H,3,6H2,(H,14,15). The van der Waals surface area contributed by atoms with Crippen LogP contribution in [0.3, 0.4) is 0 Å². The molecule has 2 rings (SSSR count). The van der Waals surface area contributed by atoms with Crippen LogP contribution in [0.1, 0.15) is 35.1 Å². The molecule has 2 aromatic carbocycles. The molecule has 2 aromatic rings. The molecule has 3 nitrogen and oxygen atoms in total. The van der Waals surface area contributed by atoms with Crippen molar-refractivity contribution in [3.05, 3.63) is 70.8 Å². The molecule has 0 spiro atoms. The van der Waals surface area contributed by atoms with Gasteiger partial charge in [-0.3, -0.25) is 9.59 Å². The molecule has 0 atom stereocenters. The van der Waals surface area contributed by atoms with E-state index in [4.69, 9.17) is 16.7 Å². The maximum absolute atomic E-state index is 12.2. The number of hydrogen-bond acceptors (Lipinski definition) is 2. The summed E-state index contributed by atoms with van der Waals surface area (Å²) in [7, 11) is 0. The molecule has 0 heterocycles. The van der Waals surface area contributed by atoms with Gasteiger partial charge in [0.25, 0.3) is 0 Å². The molecule has 0 saturated heterocycles. The molecule has 0 bridgehead atoms. The zero-order valence-corrected chi connectivity index (χ0v) is 16.1. The molecule has 0 aliphatic rings. The zero-order valence-electron chi connectivity index (χ0n) is 15.4. The van der Waals surface area contributed by atoms with Gasteiger partial charge in [-0.25, -0.2) is 0 Å². The number of carboxylic acids is 1. The number of aliphatic carboxylic acids is 1. The Hall–Kier alpha value is -2.55. The van der Waals surface area contributed by atoms with E-state index in [0.29, 0.717) is 17.5 Å². The summed E-state index contributed by atoms with van der Waals surface area (Å²) < 4.78 is 72.9. The van der Waals surface area contributed by atoms with E-state index in [1.165, 1.54) is 24.3 Å². The lowest BCUT2D eigenvalue weighted by Gasteiger charge is -2.06. The quantitative estimate of drug-likeness (QED) is 0.422. The highest BCUT2D eigenvalue weighted by atomic mass is 35.5. The van der Waals surface area contributed by atoms with E-state index in [-0.39, 0.29) is 19.3 Å². The molecule has 0 radical (unpaired) electrons. The fraction of sp³-hybridized carbons (Fsp3) is 0.300. The molecular formula is C20H17ClF6O3. The number of aryl methyl sites for hydroxylation is 2. The van der Waals surface area contributed by atoms with Crippen LogP contribution in [0.15, 0.2) is 48.5 Å². The molecule has 164 valence electrons. The zero-order chi connectivity index (χ0) is 22.9. The van der Waals surface area contributed by atoms with Crippen LogP contribution in [0.5, 0.6) is 0 Å². The molecule has 0 aliphatic heterocycles. The van der Waals surface area contributed by atoms with Crippen LogP contribution < -0.4 is 0 Å². The average Bonchev–Trinajstić information content (AvgIpc) is 2.64. The van der Waals surface area contributed by atoms with E-state index in [0.717, 1.165) is 24.3 Å². The molecular weight excluding hydrogens is 438 g/mol. The molecule has 30 heavy (non-hydrogen) atoms. The summed E-state index contributed by atoms with van der Waals surface area (Å²) >= 11 is 5.11. The Balaban J connectivity index is 0.000000300. The monoisotopic (exact) mass is 454 g/mol. The van der Waals surface area contributed by atoms with E-state index in [1.54, 1.807) is 0 Å². The lowest BCUT2D eigenvalue weighted by molar-refractivity contribution is -0.138. The third-order valence-electron chi connectivity index (χ3n) is 3.80. The van der Waals surface area contributed by atoms with E-state index < -0.39 is 34.7 Å². The summed E-state index contributed by atoms with van der Waals surface area (Å²) in [5.41, 5.74) is -0.160. The van der Waals surface area contributed by atoms with Crippen LogP contribution in [0.2, 0.25) is 0 Å². The van der Waals surface area contributed by atoms with Crippen molar-refractivity contribution in [2.24, 2.45) is 0 Å². The maximum atomic E-state index is 12.2. The number of carboxylic acid groups (broad SMARTS) is 1. The summed E-state index contributed by atoms with van der Waals surface area (Å²) in [6, 6.07) is 9.19. The van der Waals surface area contributed by atoms with E-state index in [2.05, 4.69) is 0 Å². The second kappa shape index (κ2) is 11.0. The minimum Gasteiger partial charge on any atom is -0.481 e. The SMILES string of the molecule is O=C(Cl)CCc1ccc(C(F)(F)F)cc1.O=C(O)CCc1ccc(C(F)(F)F)cc1. The first-order valence-corrected chi connectivity index (χ1v) is 8.89. The molecule has 0 aromatic heterocycles. The first-order valence-electron chi connectivity index (χ1n) is 8.51. The Morgan fingerprint density at radius 3 is 1.30 bits per heavy atom. The Morgan fingerprint density at radius 1 is 0.700 bits per heavy atom. The van der Waals surface area contributed by atoms with Crippen molar-refractivity contribution in [1.29, 1.82) is 0 Å². The summed E-state index contributed by atoms with van der Waals surface area (Å²) in [4.78, 5) is 20.6. The van der Waals surface area contributed by atoms with E-state index in [1.807, 2.05) is 0 Å². The van der Waals surface area contributed by atoms with E-state index >= 15 is 0 Å². The number of rotatable bonds is 6.